The summed E-state index contributed by atoms with van der Waals surface area (Å²) in [5, 5.41) is 5.04. The van der Waals surface area contributed by atoms with Gasteiger partial charge in [0.1, 0.15) is 24.7 Å². The Morgan fingerprint density at radius 3 is 2.54 bits per heavy atom. The van der Waals surface area contributed by atoms with E-state index in [1.807, 2.05) is 6.92 Å². The smallest absolute Gasteiger partial charge is 0.407 e. The van der Waals surface area contributed by atoms with Crippen molar-refractivity contribution in [2.75, 3.05) is 26.2 Å². The zero-order valence-electron chi connectivity index (χ0n) is 21.9. The minimum atomic E-state index is -0.883. The predicted molar refractivity (Wildman–Crippen MR) is 147 cm³/mol. The summed E-state index contributed by atoms with van der Waals surface area (Å²) in [4.78, 5) is 56.7. The molecular formula is C29H32N4O6. The number of fused-ring (bicyclic) bond motifs is 1. The molecule has 0 aliphatic carbocycles. The zero-order valence-corrected chi connectivity index (χ0v) is 21.9. The topological polar surface area (TPSA) is 131 Å². The number of aromatic nitrogens is 1. The van der Waals surface area contributed by atoms with Crippen molar-refractivity contribution < 1.29 is 28.3 Å². The highest BCUT2D eigenvalue weighted by atomic mass is 16.5. The van der Waals surface area contributed by atoms with Gasteiger partial charge in [-0.25, -0.2) is 9.78 Å². The first-order chi connectivity index (χ1) is 18.8. The summed E-state index contributed by atoms with van der Waals surface area (Å²) in [5.41, 5.74) is 2.51. The number of Topliss-reactive ketones (excluding diaryl/α,β-unsaturated/α-hetero) is 1. The molecule has 204 valence electrons. The number of likely N-dealkylation sites (tertiary alicyclic amines) is 1. The molecule has 1 aliphatic rings. The number of hydrogen-bond donors (Lipinski definition) is 2. The van der Waals surface area contributed by atoms with E-state index in [1.54, 1.807) is 48.6 Å². The van der Waals surface area contributed by atoms with E-state index in [1.165, 1.54) is 11.0 Å². The minimum absolute atomic E-state index is 0.0357. The van der Waals surface area contributed by atoms with Crippen LogP contribution in [0.5, 0.6) is 0 Å². The molecule has 1 fully saturated rings. The number of ketones is 1. The van der Waals surface area contributed by atoms with Crippen molar-refractivity contribution in [1.82, 2.24) is 20.5 Å². The molecule has 2 N–H and O–H groups in total. The van der Waals surface area contributed by atoms with Crippen LogP contribution < -0.4 is 10.6 Å². The van der Waals surface area contributed by atoms with Crippen LogP contribution in [0.15, 0.2) is 89.9 Å². The third-order valence-electron chi connectivity index (χ3n) is 6.26. The van der Waals surface area contributed by atoms with E-state index in [4.69, 9.17) is 9.15 Å². The average Bonchev–Trinajstić information content (AvgIpc) is 3.58. The van der Waals surface area contributed by atoms with Crippen molar-refractivity contribution in [2.45, 2.75) is 19.4 Å². The summed E-state index contributed by atoms with van der Waals surface area (Å²) in [6.45, 7) is 12.3. The maximum Gasteiger partial charge on any atom is 0.407 e. The van der Waals surface area contributed by atoms with Gasteiger partial charge in [-0.15, -0.1) is 0 Å². The lowest BCUT2D eigenvalue weighted by atomic mass is 9.91. The van der Waals surface area contributed by atoms with Crippen LogP contribution in [0.3, 0.4) is 0 Å². The lowest BCUT2D eigenvalue weighted by Gasteiger charge is -2.27. The van der Waals surface area contributed by atoms with Crippen molar-refractivity contribution in [3.8, 4) is 0 Å². The fourth-order valence-electron chi connectivity index (χ4n) is 4.30. The fourth-order valence-corrected chi connectivity index (χ4v) is 4.30. The van der Waals surface area contributed by atoms with Gasteiger partial charge in [0.15, 0.2) is 5.58 Å². The lowest BCUT2D eigenvalue weighted by Crippen LogP contribution is -2.52. The van der Waals surface area contributed by atoms with Crippen molar-refractivity contribution in [1.29, 1.82) is 0 Å². The van der Waals surface area contributed by atoms with Crippen LogP contribution in [0.2, 0.25) is 0 Å². The molecule has 1 saturated heterocycles. The van der Waals surface area contributed by atoms with Crippen LogP contribution in [0, 0.1) is 5.92 Å². The number of ether oxygens (including phenoxy) is 1. The predicted octanol–water partition coefficient (Wildman–Crippen LogP) is 3.50. The SMILES string of the molecule is C=C/C=C(\C=C)COC(=O)NCC(=O)N1CC[C@H](/C(C)=C/C=C)C1C(=O)NCC(=O)c1nc2ccccc2o1. The molecule has 10 nitrogen and oxygen atoms in total. The van der Waals surface area contributed by atoms with E-state index < -0.39 is 29.7 Å². The molecule has 39 heavy (non-hydrogen) atoms. The molecule has 2 aromatic rings. The van der Waals surface area contributed by atoms with Crippen LogP contribution in [-0.4, -0.2) is 65.9 Å². The number of benzene rings is 1. The summed E-state index contributed by atoms with van der Waals surface area (Å²) in [5.74, 6) is -1.87. The van der Waals surface area contributed by atoms with E-state index in [0.717, 1.165) is 5.57 Å². The van der Waals surface area contributed by atoms with Crippen molar-refractivity contribution >= 4 is 34.8 Å². The molecule has 0 bridgehead atoms. The highest BCUT2D eigenvalue weighted by Crippen LogP contribution is 2.31. The van der Waals surface area contributed by atoms with E-state index in [0.29, 0.717) is 29.6 Å². The van der Waals surface area contributed by atoms with E-state index >= 15 is 0 Å². The van der Waals surface area contributed by atoms with E-state index in [2.05, 4.69) is 35.4 Å². The summed E-state index contributed by atoms with van der Waals surface area (Å²) in [6.07, 6.45) is 7.85. The van der Waals surface area contributed by atoms with Gasteiger partial charge in [-0.1, -0.05) is 67.8 Å². The van der Waals surface area contributed by atoms with Gasteiger partial charge in [-0.05, 0) is 31.1 Å². The van der Waals surface area contributed by atoms with Gasteiger partial charge in [0.2, 0.25) is 17.6 Å². The van der Waals surface area contributed by atoms with Gasteiger partial charge in [-0.3, -0.25) is 14.4 Å². The van der Waals surface area contributed by atoms with Gasteiger partial charge in [0, 0.05) is 12.5 Å². The molecular weight excluding hydrogens is 500 g/mol. The number of carbonyl (C=O) groups excluding carboxylic acids is 4. The largest absolute Gasteiger partial charge is 0.445 e. The monoisotopic (exact) mass is 532 g/mol. The maximum absolute atomic E-state index is 13.3. The molecule has 10 heteroatoms. The molecule has 2 atom stereocenters. The Labute approximate surface area is 226 Å². The average molecular weight is 533 g/mol. The number of nitrogens with zero attached hydrogens (tertiary/aromatic N) is 2. The number of amides is 3. The highest BCUT2D eigenvalue weighted by molar-refractivity contribution is 5.98. The van der Waals surface area contributed by atoms with E-state index in [-0.39, 0.29) is 31.5 Å². The number of alkyl carbamates (subject to hydrolysis) is 1. The highest BCUT2D eigenvalue weighted by Gasteiger charge is 2.42. The molecule has 2 heterocycles. The van der Waals surface area contributed by atoms with Gasteiger partial charge >= 0.3 is 6.09 Å². The lowest BCUT2D eigenvalue weighted by molar-refractivity contribution is -0.138. The molecule has 1 aromatic heterocycles. The van der Waals surface area contributed by atoms with Crippen molar-refractivity contribution in [3.63, 3.8) is 0 Å². The van der Waals surface area contributed by atoms with Gasteiger partial charge < -0.3 is 24.7 Å². The molecule has 0 saturated carbocycles. The minimum Gasteiger partial charge on any atom is -0.445 e. The Bertz CT molecular complexity index is 1310. The Hall–Kier alpha value is -4.73. The number of carbonyl (C=O) groups is 4. The number of allylic oxidation sites excluding steroid dienone is 4. The zero-order chi connectivity index (χ0) is 28.4. The molecule has 3 rings (SSSR count). The molecule has 0 radical (unpaired) electrons. The van der Waals surface area contributed by atoms with Crippen LogP contribution in [0.25, 0.3) is 11.1 Å². The Balaban J connectivity index is 1.65. The number of hydrogen-bond acceptors (Lipinski definition) is 7. The molecule has 0 spiro atoms. The number of nitrogens with one attached hydrogen (secondary N) is 2. The molecule has 3 amide bonds. The fraction of sp³-hybridized carbons (Fsp3) is 0.276. The molecule has 1 unspecified atom stereocenters. The van der Waals surface area contributed by atoms with Gasteiger partial charge in [0.05, 0.1) is 6.54 Å². The quantitative estimate of drug-likeness (QED) is 0.316. The number of para-hydroxylation sites is 2. The normalized spacial score (nSPS) is 17.4. The summed E-state index contributed by atoms with van der Waals surface area (Å²) >= 11 is 0. The summed E-state index contributed by atoms with van der Waals surface area (Å²) < 4.78 is 10.6. The second kappa shape index (κ2) is 13.7. The second-order valence-electron chi connectivity index (χ2n) is 8.81. The van der Waals surface area contributed by atoms with Crippen molar-refractivity contribution in [2.24, 2.45) is 5.92 Å². The van der Waals surface area contributed by atoms with E-state index in [9.17, 15) is 19.2 Å². The first-order valence-electron chi connectivity index (χ1n) is 12.4. The first kappa shape index (κ1) is 28.8. The molecule has 1 aromatic carbocycles. The van der Waals surface area contributed by atoms with Crippen LogP contribution in [0.1, 0.15) is 24.0 Å². The number of oxazole rings is 1. The third kappa shape index (κ3) is 7.41. The standard InChI is InChI=1S/C29H32N4O6/c1-5-10-19(4)21-14-15-33(25(35)17-31-29(37)38-18-20(7-3)11-6-2)26(21)27(36)30-16-23(34)28-32-22-12-8-9-13-24(22)39-28/h5-13,21,26H,1-3,14-18H2,4H3,(H,30,36)(H,31,37)/b19-10+,20-11+/t21-,26?/m1/s1. The van der Waals surface area contributed by atoms with Crippen molar-refractivity contribution in [3.05, 3.63) is 91.4 Å². The third-order valence-corrected chi connectivity index (χ3v) is 6.26. The van der Waals surface area contributed by atoms with Crippen LogP contribution in [0.4, 0.5) is 4.79 Å². The van der Waals surface area contributed by atoms with Gasteiger partial charge in [-0.2, -0.15) is 0 Å². The Kier molecular flexibility index (Phi) is 10.1. The summed E-state index contributed by atoms with van der Waals surface area (Å²) in [7, 11) is 0. The first-order valence-corrected chi connectivity index (χ1v) is 12.4. The Morgan fingerprint density at radius 1 is 1.10 bits per heavy atom. The van der Waals surface area contributed by atoms with Crippen LogP contribution >= 0.6 is 0 Å². The summed E-state index contributed by atoms with van der Waals surface area (Å²) in [6, 6.07) is 6.07. The van der Waals surface area contributed by atoms with Crippen LogP contribution in [-0.2, 0) is 14.3 Å². The molecule has 1 aliphatic heterocycles. The van der Waals surface area contributed by atoms with Gasteiger partial charge in [0.25, 0.3) is 5.89 Å². The maximum atomic E-state index is 13.3. The second-order valence-corrected chi connectivity index (χ2v) is 8.81. The Morgan fingerprint density at radius 2 is 1.85 bits per heavy atom. The number of rotatable bonds is 12.